The van der Waals surface area contributed by atoms with Gasteiger partial charge in [-0.3, -0.25) is 4.79 Å². The molecule has 6 aromatic rings. The summed E-state index contributed by atoms with van der Waals surface area (Å²) in [4.78, 5) is 29.9. The van der Waals surface area contributed by atoms with Gasteiger partial charge in [0.05, 0.1) is 29.8 Å². The second-order valence-corrected chi connectivity index (χ2v) is 11.3. The molecular weight excluding hydrogens is 682 g/mol. The lowest BCUT2D eigenvalue weighted by Crippen LogP contribution is -2.20. The maximum Gasteiger partial charge on any atom is 0.335 e. The number of hydrogen-bond acceptors (Lipinski definition) is 7. The minimum absolute atomic E-state index is 0.0667. The summed E-state index contributed by atoms with van der Waals surface area (Å²) >= 11 is 6.98. The van der Waals surface area contributed by atoms with Gasteiger partial charge in [-0.15, -0.1) is 0 Å². The van der Waals surface area contributed by atoms with Crippen LogP contribution in [0.4, 0.5) is 0 Å². The lowest BCUT2D eigenvalue weighted by Gasteiger charge is -2.14. The van der Waals surface area contributed by atoms with Crippen LogP contribution in [0.25, 0.3) is 33.5 Å². The van der Waals surface area contributed by atoms with E-state index in [-0.39, 0.29) is 23.6 Å². The van der Waals surface area contributed by atoms with Crippen molar-refractivity contribution in [2.24, 2.45) is 5.10 Å². The maximum atomic E-state index is 13.7. The van der Waals surface area contributed by atoms with Crippen molar-refractivity contribution in [3.8, 4) is 23.1 Å². The summed E-state index contributed by atoms with van der Waals surface area (Å²) in [6.07, 6.45) is 1.48. The van der Waals surface area contributed by atoms with Crippen molar-refractivity contribution < 1.29 is 23.8 Å². The minimum Gasteiger partial charge on any atom is -0.493 e. The van der Waals surface area contributed by atoms with Crippen LogP contribution in [0, 0.1) is 0 Å². The zero-order chi connectivity index (χ0) is 30.1. The molecular formula is C32H21Br2N3O6. The SMILES string of the molecule is COc1cc(Br)cc(C=Nn2c(-c3cc4cc(Br)ccc4o3)nc3ccccc3c2=O)c1OCc1cccc(C(=O)O)c1. The summed E-state index contributed by atoms with van der Waals surface area (Å²) in [5, 5.41) is 15.2. The molecule has 0 fully saturated rings. The standard InChI is InChI=1S/C32H21Br2N3O6/c1-41-27-15-23(34)13-21(29(27)42-17-18-5-4-6-19(11-18)32(39)40)16-35-37-30(36-25-8-3-2-7-24(25)31(37)38)28-14-20-12-22(33)9-10-26(20)43-28/h2-16H,17H2,1H3,(H,39,40). The topological polar surface area (TPSA) is 116 Å². The Morgan fingerprint density at radius 1 is 1.02 bits per heavy atom. The number of carboxylic acid groups (broad SMARTS) is 1. The number of aromatic carboxylic acids is 1. The summed E-state index contributed by atoms with van der Waals surface area (Å²) < 4.78 is 20.6. The number of methoxy groups -OCH3 is 1. The molecule has 0 amide bonds. The number of halogens is 2. The van der Waals surface area contributed by atoms with E-state index >= 15 is 0 Å². The molecule has 4 aromatic carbocycles. The Kier molecular flexibility index (Phi) is 7.83. The molecule has 0 spiro atoms. The number of fused-ring (bicyclic) bond motifs is 2. The molecule has 2 heterocycles. The number of rotatable bonds is 8. The van der Waals surface area contributed by atoms with Crippen molar-refractivity contribution in [3.05, 3.63) is 121 Å². The minimum atomic E-state index is -1.03. The van der Waals surface area contributed by atoms with Crippen molar-refractivity contribution >= 4 is 65.9 Å². The predicted octanol–water partition coefficient (Wildman–Crippen LogP) is 7.50. The smallest absolute Gasteiger partial charge is 0.335 e. The Hall–Kier alpha value is -4.74. The van der Waals surface area contributed by atoms with Gasteiger partial charge in [0.15, 0.2) is 17.3 Å². The van der Waals surface area contributed by atoms with Gasteiger partial charge >= 0.3 is 5.97 Å². The molecule has 2 aromatic heterocycles. The van der Waals surface area contributed by atoms with Crippen LogP contribution < -0.4 is 15.0 Å². The normalized spacial score (nSPS) is 11.4. The second kappa shape index (κ2) is 11.9. The van der Waals surface area contributed by atoms with Crippen LogP contribution in [-0.4, -0.2) is 34.1 Å². The quantitative estimate of drug-likeness (QED) is 0.163. The van der Waals surface area contributed by atoms with Gasteiger partial charge in [-0.2, -0.15) is 9.78 Å². The highest BCUT2D eigenvalue weighted by atomic mass is 79.9. The molecule has 9 nitrogen and oxygen atoms in total. The number of carbonyl (C=O) groups is 1. The average Bonchev–Trinajstić information content (AvgIpc) is 3.43. The average molecular weight is 703 g/mol. The molecule has 6 rings (SSSR count). The molecule has 0 aliphatic carbocycles. The van der Waals surface area contributed by atoms with E-state index in [9.17, 15) is 14.7 Å². The Morgan fingerprint density at radius 2 is 1.86 bits per heavy atom. The van der Waals surface area contributed by atoms with Gasteiger partial charge < -0.3 is 19.0 Å². The summed E-state index contributed by atoms with van der Waals surface area (Å²) in [5.41, 5.74) is 2.07. The van der Waals surface area contributed by atoms with Crippen LogP contribution in [0.15, 0.2) is 108 Å². The molecule has 0 atom stereocenters. The Labute approximate surface area is 261 Å². The van der Waals surface area contributed by atoms with Gasteiger partial charge in [0.1, 0.15) is 12.2 Å². The first-order valence-electron chi connectivity index (χ1n) is 12.9. The highest BCUT2D eigenvalue weighted by Crippen LogP contribution is 2.35. The molecule has 0 saturated carbocycles. The maximum absolute atomic E-state index is 13.7. The third-order valence-corrected chi connectivity index (χ3v) is 7.54. The number of carboxylic acids is 1. The monoisotopic (exact) mass is 701 g/mol. The highest BCUT2D eigenvalue weighted by Gasteiger charge is 2.18. The number of furan rings is 1. The van der Waals surface area contributed by atoms with E-state index in [0.29, 0.717) is 49.3 Å². The molecule has 0 radical (unpaired) electrons. The predicted molar refractivity (Wildman–Crippen MR) is 170 cm³/mol. The van der Waals surface area contributed by atoms with Crippen molar-refractivity contribution in [1.82, 2.24) is 9.66 Å². The van der Waals surface area contributed by atoms with Crippen LogP contribution in [0.1, 0.15) is 21.5 Å². The fourth-order valence-electron chi connectivity index (χ4n) is 4.58. The van der Waals surface area contributed by atoms with E-state index in [1.165, 1.54) is 24.1 Å². The lowest BCUT2D eigenvalue weighted by atomic mass is 10.1. The molecule has 0 aliphatic heterocycles. The summed E-state index contributed by atoms with van der Waals surface area (Å²) in [6.45, 7) is 0.0667. The summed E-state index contributed by atoms with van der Waals surface area (Å²) in [5.74, 6) is 0.333. The molecule has 0 aliphatic rings. The van der Waals surface area contributed by atoms with Crippen molar-refractivity contribution in [3.63, 3.8) is 0 Å². The van der Waals surface area contributed by atoms with Crippen LogP contribution in [0.3, 0.4) is 0 Å². The number of ether oxygens (including phenoxy) is 2. The number of para-hydroxylation sites is 1. The first-order valence-corrected chi connectivity index (χ1v) is 14.5. The van der Waals surface area contributed by atoms with Gasteiger partial charge in [-0.25, -0.2) is 9.78 Å². The van der Waals surface area contributed by atoms with Crippen LogP contribution in [0.5, 0.6) is 11.5 Å². The van der Waals surface area contributed by atoms with E-state index in [2.05, 4.69) is 37.0 Å². The van der Waals surface area contributed by atoms with Crippen LogP contribution >= 0.6 is 31.9 Å². The third-order valence-electron chi connectivity index (χ3n) is 6.59. The lowest BCUT2D eigenvalue weighted by molar-refractivity contribution is 0.0696. The number of benzene rings is 4. The van der Waals surface area contributed by atoms with Crippen LogP contribution in [-0.2, 0) is 6.61 Å². The zero-order valence-corrected chi connectivity index (χ0v) is 25.6. The number of hydrogen-bond donors (Lipinski definition) is 1. The van der Waals surface area contributed by atoms with Crippen molar-refractivity contribution in [2.75, 3.05) is 7.11 Å². The van der Waals surface area contributed by atoms with E-state index in [1.54, 1.807) is 48.5 Å². The zero-order valence-electron chi connectivity index (χ0n) is 22.5. The second-order valence-electron chi connectivity index (χ2n) is 9.43. The first kappa shape index (κ1) is 28.4. The molecule has 11 heteroatoms. The van der Waals surface area contributed by atoms with Crippen molar-refractivity contribution in [2.45, 2.75) is 6.61 Å². The number of aromatic nitrogens is 2. The van der Waals surface area contributed by atoms with E-state index in [0.717, 1.165) is 9.86 Å². The fraction of sp³-hybridized carbons (Fsp3) is 0.0625. The molecule has 0 saturated heterocycles. The van der Waals surface area contributed by atoms with Gasteiger partial charge in [-0.05, 0) is 66.2 Å². The number of nitrogens with zero attached hydrogens (tertiary/aromatic N) is 3. The Bertz CT molecular complexity index is 2120. The summed E-state index contributed by atoms with van der Waals surface area (Å²) in [7, 11) is 1.51. The fourth-order valence-corrected chi connectivity index (χ4v) is 5.41. The van der Waals surface area contributed by atoms with Gasteiger partial charge in [0.25, 0.3) is 5.56 Å². The van der Waals surface area contributed by atoms with Gasteiger partial charge in [0, 0.05) is 19.9 Å². The van der Waals surface area contributed by atoms with Crippen LogP contribution in [0.2, 0.25) is 0 Å². The molecule has 1 N–H and O–H groups in total. The Morgan fingerprint density at radius 3 is 2.67 bits per heavy atom. The summed E-state index contributed by atoms with van der Waals surface area (Å²) in [6, 6.07) is 24.4. The molecule has 0 unspecified atom stereocenters. The van der Waals surface area contributed by atoms with Gasteiger partial charge in [0.2, 0.25) is 5.82 Å². The molecule has 0 bridgehead atoms. The largest absolute Gasteiger partial charge is 0.493 e. The van der Waals surface area contributed by atoms with Crippen molar-refractivity contribution in [1.29, 1.82) is 0 Å². The Balaban J connectivity index is 1.46. The van der Waals surface area contributed by atoms with E-state index < -0.39 is 5.97 Å². The van der Waals surface area contributed by atoms with E-state index in [4.69, 9.17) is 18.9 Å². The van der Waals surface area contributed by atoms with Gasteiger partial charge in [-0.1, -0.05) is 56.1 Å². The first-order chi connectivity index (χ1) is 20.8. The highest BCUT2D eigenvalue weighted by molar-refractivity contribution is 9.10. The third kappa shape index (κ3) is 5.81. The van der Waals surface area contributed by atoms with E-state index in [1.807, 2.05) is 30.3 Å². The molecule has 43 heavy (non-hydrogen) atoms. The molecule has 214 valence electrons.